The molecule has 39 heavy (non-hydrogen) atoms. The lowest BCUT2D eigenvalue weighted by Gasteiger charge is -2.14. The maximum Gasteiger partial charge on any atom is 0.300 e. The molecule has 2 rings (SSSR count). The number of hydrogen-bond acceptors (Lipinski definition) is 8. The molecule has 0 aromatic heterocycles. The summed E-state index contributed by atoms with van der Waals surface area (Å²) < 4.78 is 31.8. The number of aromatic hydroxyl groups is 1. The zero-order valence-corrected chi connectivity index (χ0v) is 23.8. The van der Waals surface area contributed by atoms with E-state index < -0.39 is 22.1 Å². The Hall–Kier alpha value is -2.54. The number of carboxylic acid groups (broad SMARTS) is 1. The molecule has 0 aliphatic heterocycles. The summed E-state index contributed by atoms with van der Waals surface area (Å²) in [5.41, 5.74) is 2.10. The molecule has 0 saturated carbocycles. The summed E-state index contributed by atoms with van der Waals surface area (Å²) in [5, 5.41) is 39.7. The molecule has 0 aliphatic rings. The maximum absolute atomic E-state index is 11.9. The summed E-state index contributed by atoms with van der Waals surface area (Å²) in [6.45, 7) is 3.52. The number of rotatable bonds is 18. The number of carboxylic acids is 1. The molecular weight excluding hydrogens is 524 g/mol. The largest absolute Gasteiger partial charge is 0.508 e. The summed E-state index contributed by atoms with van der Waals surface area (Å²) in [6, 6.07) is 11.8. The normalized spacial score (nSPS) is 12.0. The fourth-order valence-electron chi connectivity index (χ4n) is 3.72. The molecule has 11 heteroatoms. The van der Waals surface area contributed by atoms with E-state index in [1.54, 1.807) is 30.3 Å². The second-order valence-electron chi connectivity index (χ2n) is 9.12. The maximum atomic E-state index is 11.9. The van der Waals surface area contributed by atoms with Crippen LogP contribution in [0.4, 0.5) is 0 Å². The van der Waals surface area contributed by atoms with Crippen LogP contribution in [0.1, 0.15) is 68.2 Å². The van der Waals surface area contributed by atoms with E-state index in [0.29, 0.717) is 29.2 Å². The van der Waals surface area contributed by atoms with E-state index in [-0.39, 0.29) is 12.4 Å². The highest BCUT2D eigenvalue weighted by Gasteiger charge is 2.11. The molecule has 0 fully saturated rings. The highest BCUT2D eigenvalue weighted by Crippen LogP contribution is 2.22. The number of ether oxygens (including phenoxy) is 1. The summed E-state index contributed by atoms with van der Waals surface area (Å²) >= 11 is 0. The van der Waals surface area contributed by atoms with Crippen LogP contribution in [-0.2, 0) is 32.6 Å². The lowest BCUT2D eigenvalue weighted by atomic mass is 10.1. The standard InChI is InChI=1S/C26H40N2O6S.C2H4O2/c1-27-35(32,33)24-11-8-10-21(17-24)9-4-7-16-34-15-6-3-2-5-14-28-19-26(31)22-12-13-25(30)23(18-22)20-29;1-2(3)4/h8,10-13,17-18,26-31H,2-7,9,14-16,19-20H2,1H3;1H3,(H,3,4)/t26-;/m0./s1. The van der Waals surface area contributed by atoms with Gasteiger partial charge in [-0.1, -0.05) is 31.0 Å². The molecule has 0 radical (unpaired) electrons. The zero-order valence-electron chi connectivity index (χ0n) is 22.9. The number of aliphatic hydroxyl groups excluding tert-OH is 2. The number of sulfonamides is 1. The number of benzene rings is 2. The van der Waals surface area contributed by atoms with E-state index in [9.17, 15) is 23.7 Å². The molecule has 0 spiro atoms. The topological polar surface area (TPSA) is 165 Å². The third-order valence-corrected chi connectivity index (χ3v) is 7.28. The van der Waals surface area contributed by atoms with E-state index in [0.717, 1.165) is 70.6 Å². The van der Waals surface area contributed by atoms with Crippen LogP contribution in [-0.4, -0.2) is 68.2 Å². The molecule has 2 aromatic rings. The second kappa shape index (κ2) is 19.5. The number of aliphatic hydroxyl groups is 2. The molecule has 10 nitrogen and oxygen atoms in total. The first-order chi connectivity index (χ1) is 18.6. The minimum atomic E-state index is -3.40. The van der Waals surface area contributed by atoms with Gasteiger partial charge in [0.2, 0.25) is 10.0 Å². The van der Waals surface area contributed by atoms with E-state index in [1.165, 1.54) is 13.1 Å². The fourth-order valence-corrected chi connectivity index (χ4v) is 4.52. The van der Waals surface area contributed by atoms with Crippen molar-refractivity contribution in [2.45, 2.75) is 69.5 Å². The Bertz CT molecular complexity index is 1070. The van der Waals surface area contributed by atoms with E-state index in [4.69, 9.17) is 14.6 Å². The third-order valence-electron chi connectivity index (χ3n) is 5.87. The van der Waals surface area contributed by atoms with Gasteiger partial charge in [-0.2, -0.15) is 0 Å². The molecule has 1 atom stereocenters. The van der Waals surface area contributed by atoms with Gasteiger partial charge in [0.05, 0.1) is 17.6 Å². The van der Waals surface area contributed by atoms with Crippen LogP contribution in [0.5, 0.6) is 5.75 Å². The van der Waals surface area contributed by atoms with Crippen LogP contribution >= 0.6 is 0 Å². The predicted molar refractivity (Wildman–Crippen MR) is 150 cm³/mol. The molecule has 6 N–H and O–H groups in total. The van der Waals surface area contributed by atoms with Crippen molar-refractivity contribution in [3.63, 3.8) is 0 Å². The van der Waals surface area contributed by atoms with Crippen molar-refractivity contribution in [3.8, 4) is 5.75 Å². The quantitative estimate of drug-likeness (QED) is 0.148. The molecule has 2 aromatic carbocycles. The van der Waals surface area contributed by atoms with E-state index in [2.05, 4.69) is 10.0 Å². The Labute approximate surface area is 232 Å². The van der Waals surface area contributed by atoms with Gasteiger partial charge in [-0.3, -0.25) is 4.79 Å². The molecule has 0 aliphatic carbocycles. The number of unbranched alkanes of at least 4 members (excludes halogenated alkanes) is 4. The minimum Gasteiger partial charge on any atom is -0.508 e. The minimum absolute atomic E-state index is 0.0333. The van der Waals surface area contributed by atoms with Crippen LogP contribution in [0.3, 0.4) is 0 Å². The second-order valence-corrected chi connectivity index (χ2v) is 11.0. The van der Waals surface area contributed by atoms with Gasteiger partial charge in [0.15, 0.2) is 0 Å². The summed E-state index contributed by atoms with van der Waals surface area (Å²) in [6.07, 6.45) is 6.26. The molecule has 0 unspecified atom stereocenters. The van der Waals surface area contributed by atoms with Crippen LogP contribution < -0.4 is 10.0 Å². The Morgan fingerprint density at radius 1 is 1.00 bits per heavy atom. The van der Waals surface area contributed by atoms with Crippen LogP contribution in [0.2, 0.25) is 0 Å². The molecular formula is C28H44N2O8S. The van der Waals surface area contributed by atoms with Gasteiger partial charge in [-0.25, -0.2) is 13.1 Å². The first-order valence-electron chi connectivity index (χ1n) is 13.2. The highest BCUT2D eigenvalue weighted by molar-refractivity contribution is 7.89. The summed E-state index contributed by atoms with van der Waals surface area (Å²) in [7, 11) is -1.99. The first kappa shape index (κ1) is 34.5. The van der Waals surface area contributed by atoms with Gasteiger partial charge in [0.25, 0.3) is 5.97 Å². The third kappa shape index (κ3) is 15.0. The van der Waals surface area contributed by atoms with Crippen molar-refractivity contribution < 1.29 is 38.4 Å². The number of phenols is 1. The number of nitrogens with one attached hydrogen (secondary N) is 2. The molecule has 0 bridgehead atoms. The van der Waals surface area contributed by atoms with Gasteiger partial charge in [-0.05, 0) is 81.1 Å². The monoisotopic (exact) mass is 568 g/mol. The smallest absolute Gasteiger partial charge is 0.300 e. The van der Waals surface area contributed by atoms with Crippen molar-refractivity contribution in [2.24, 2.45) is 0 Å². The van der Waals surface area contributed by atoms with Crippen molar-refractivity contribution in [2.75, 3.05) is 33.4 Å². The van der Waals surface area contributed by atoms with Crippen molar-refractivity contribution >= 4 is 16.0 Å². The molecule has 0 heterocycles. The van der Waals surface area contributed by atoms with Crippen molar-refractivity contribution in [1.82, 2.24) is 10.0 Å². The first-order valence-corrected chi connectivity index (χ1v) is 14.7. The van der Waals surface area contributed by atoms with E-state index >= 15 is 0 Å². The highest BCUT2D eigenvalue weighted by atomic mass is 32.2. The van der Waals surface area contributed by atoms with Crippen molar-refractivity contribution in [1.29, 1.82) is 0 Å². The molecule has 220 valence electrons. The Morgan fingerprint density at radius 3 is 2.33 bits per heavy atom. The number of carbonyl (C=O) groups is 1. The average molecular weight is 569 g/mol. The van der Waals surface area contributed by atoms with Gasteiger partial charge in [-0.15, -0.1) is 0 Å². The van der Waals surface area contributed by atoms with Crippen molar-refractivity contribution in [3.05, 3.63) is 59.2 Å². The van der Waals surface area contributed by atoms with Crippen LogP contribution in [0.15, 0.2) is 47.4 Å². The van der Waals surface area contributed by atoms with Gasteiger partial charge in [0.1, 0.15) is 5.75 Å². The number of hydrogen-bond donors (Lipinski definition) is 6. The van der Waals surface area contributed by atoms with Gasteiger partial charge >= 0.3 is 0 Å². The Morgan fingerprint density at radius 2 is 1.67 bits per heavy atom. The number of aryl methyl sites for hydroxylation is 1. The SMILES string of the molecule is CC(=O)O.CNS(=O)(=O)c1cccc(CCCCOCCCCCCNC[C@H](O)c2ccc(O)c(CO)c2)c1. The van der Waals surface area contributed by atoms with Gasteiger partial charge in [0, 0.05) is 32.2 Å². The lowest BCUT2D eigenvalue weighted by Crippen LogP contribution is -2.22. The van der Waals surface area contributed by atoms with Crippen LogP contribution in [0, 0.1) is 0 Å². The molecule has 0 saturated heterocycles. The van der Waals surface area contributed by atoms with E-state index in [1.807, 2.05) is 6.07 Å². The molecule has 0 amide bonds. The van der Waals surface area contributed by atoms with Gasteiger partial charge < -0.3 is 30.5 Å². The summed E-state index contributed by atoms with van der Waals surface area (Å²) in [5.74, 6) is -0.800. The Kier molecular flexibility index (Phi) is 17.3. The summed E-state index contributed by atoms with van der Waals surface area (Å²) in [4.78, 5) is 9.30. The number of aliphatic carboxylic acids is 1. The zero-order chi connectivity index (χ0) is 29.1. The fraction of sp³-hybridized carbons (Fsp3) is 0.536. The Balaban J connectivity index is 0.00000177. The lowest BCUT2D eigenvalue weighted by molar-refractivity contribution is -0.134. The predicted octanol–water partition coefficient (Wildman–Crippen LogP) is 3.11. The average Bonchev–Trinajstić information content (AvgIpc) is 2.91. The van der Waals surface area contributed by atoms with Crippen LogP contribution in [0.25, 0.3) is 0 Å².